The molecule has 0 aliphatic carbocycles. The van der Waals surface area contributed by atoms with Gasteiger partial charge in [-0.25, -0.2) is 4.98 Å². The average molecular weight is 420 g/mol. The van der Waals surface area contributed by atoms with Crippen LogP contribution < -0.4 is 10.5 Å². The van der Waals surface area contributed by atoms with Crippen LogP contribution in [0.25, 0.3) is 0 Å². The second-order valence-electron chi connectivity index (χ2n) is 8.48. The van der Waals surface area contributed by atoms with E-state index in [1.807, 2.05) is 81.4 Å². The predicted molar refractivity (Wildman–Crippen MR) is 121 cm³/mol. The van der Waals surface area contributed by atoms with Gasteiger partial charge < -0.3 is 0 Å². The highest BCUT2D eigenvalue weighted by Gasteiger charge is 2.32. The second-order valence-corrected chi connectivity index (χ2v) is 9.46. The Morgan fingerprint density at radius 2 is 1.60 bits per heavy atom. The topological polar surface area (TPSA) is 55.2 Å². The molecule has 0 radical (unpaired) electrons. The normalized spacial score (nSPS) is 16.0. The fourth-order valence-electron chi connectivity index (χ4n) is 3.49. The Balaban J connectivity index is 1.67. The molecule has 0 N–H and O–H groups in total. The number of aromatic nitrogens is 2. The van der Waals surface area contributed by atoms with E-state index in [1.165, 1.54) is 11.8 Å². The van der Waals surface area contributed by atoms with Gasteiger partial charge in [0.25, 0.3) is 5.56 Å². The van der Waals surface area contributed by atoms with Crippen LogP contribution in [-0.2, 0) is 16.8 Å². The Bertz CT molecular complexity index is 1070. The van der Waals surface area contributed by atoms with Crippen molar-refractivity contribution < 1.29 is 4.79 Å². The molecule has 1 aliphatic rings. The first-order chi connectivity index (χ1) is 14.3. The first kappa shape index (κ1) is 20.4. The highest BCUT2D eigenvalue weighted by Crippen LogP contribution is 2.32. The fraction of sp³-hybridized carbons (Fsp3) is 0.292. The Hall–Kier alpha value is -2.86. The minimum Gasteiger partial charge on any atom is -0.287 e. The molecule has 2 heterocycles. The quantitative estimate of drug-likeness (QED) is 0.581. The fourth-order valence-corrected chi connectivity index (χ4v) is 4.57. The molecule has 30 heavy (non-hydrogen) atoms. The SMILES string of the molecule is CC(C)(C)c1cc(=O)n2c(n1)SCC(C(=O)N(c1ccccc1)c1ccccc1)C2. The monoisotopic (exact) mass is 419 g/mol. The summed E-state index contributed by atoms with van der Waals surface area (Å²) in [6.45, 7) is 6.48. The summed E-state index contributed by atoms with van der Waals surface area (Å²) < 4.78 is 1.64. The number of anilines is 2. The summed E-state index contributed by atoms with van der Waals surface area (Å²) in [5, 5.41) is 0.697. The molecule has 3 aromatic rings. The van der Waals surface area contributed by atoms with Crippen LogP contribution in [0.4, 0.5) is 11.4 Å². The van der Waals surface area contributed by atoms with Gasteiger partial charge in [-0.3, -0.25) is 19.1 Å². The number of thioether (sulfide) groups is 1. The molecular weight excluding hydrogens is 394 g/mol. The van der Waals surface area contributed by atoms with Crippen LogP contribution in [-0.4, -0.2) is 21.2 Å². The lowest BCUT2D eigenvalue weighted by Crippen LogP contribution is -2.41. The molecule has 0 fully saturated rings. The number of para-hydroxylation sites is 2. The molecule has 4 rings (SSSR count). The molecule has 1 aromatic heterocycles. The molecule has 0 saturated heterocycles. The van der Waals surface area contributed by atoms with Crippen molar-refractivity contribution in [2.75, 3.05) is 10.7 Å². The number of fused-ring (bicyclic) bond motifs is 1. The number of hydrogen-bond acceptors (Lipinski definition) is 4. The predicted octanol–water partition coefficient (Wildman–Crippen LogP) is 4.63. The van der Waals surface area contributed by atoms with E-state index in [0.717, 1.165) is 17.1 Å². The standard InChI is InChI=1S/C24H25N3O2S/c1-24(2,3)20-14-21(28)26-15-17(16-30-23(26)25-20)22(29)27(18-10-6-4-7-11-18)19-12-8-5-9-13-19/h4-14,17H,15-16H2,1-3H3. The van der Waals surface area contributed by atoms with Crippen LogP contribution in [0.1, 0.15) is 26.5 Å². The van der Waals surface area contributed by atoms with Crippen molar-refractivity contribution >= 4 is 29.0 Å². The van der Waals surface area contributed by atoms with Gasteiger partial charge in [0.2, 0.25) is 5.91 Å². The molecule has 5 nitrogen and oxygen atoms in total. The van der Waals surface area contributed by atoms with Crippen molar-refractivity contribution in [3.05, 3.63) is 82.8 Å². The minimum atomic E-state index is -0.317. The lowest BCUT2D eigenvalue weighted by atomic mass is 9.92. The van der Waals surface area contributed by atoms with Crippen LogP contribution in [0.2, 0.25) is 0 Å². The first-order valence-electron chi connectivity index (χ1n) is 10.0. The molecule has 1 aliphatic heterocycles. The molecule has 154 valence electrons. The summed E-state index contributed by atoms with van der Waals surface area (Å²) in [5.41, 5.74) is 2.13. The van der Waals surface area contributed by atoms with Gasteiger partial charge >= 0.3 is 0 Å². The van der Waals surface area contributed by atoms with Crippen molar-refractivity contribution in [2.45, 2.75) is 37.9 Å². The molecule has 1 atom stereocenters. The van der Waals surface area contributed by atoms with E-state index in [9.17, 15) is 9.59 Å². The van der Waals surface area contributed by atoms with Crippen molar-refractivity contribution in [3.63, 3.8) is 0 Å². The van der Waals surface area contributed by atoms with Gasteiger partial charge in [0, 0.05) is 35.2 Å². The zero-order valence-corrected chi connectivity index (χ0v) is 18.2. The first-order valence-corrected chi connectivity index (χ1v) is 11.0. The summed E-state index contributed by atoms with van der Waals surface area (Å²) >= 11 is 1.48. The van der Waals surface area contributed by atoms with Gasteiger partial charge in [0.05, 0.1) is 11.6 Å². The van der Waals surface area contributed by atoms with Crippen LogP contribution in [0.15, 0.2) is 76.7 Å². The maximum atomic E-state index is 13.6. The van der Waals surface area contributed by atoms with Crippen LogP contribution in [0.5, 0.6) is 0 Å². The lowest BCUT2D eigenvalue weighted by molar-refractivity contribution is -0.121. The summed E-state index contributed by atoms with van der Waals surface area (Å²) in [6, 6.07) is 20.9. The van der Waals surface area contributed by atoms with Crippen molar-refractivity contribution in [2.24, 2.45) is 5.92 Å². The highest BCUT2D eigenvalue weighted by molar-refractivity contribution is 7.99. The number of rotatable bonds is 3. The molecular formula is C24H25N3O2S. The maximum absolute atomic E-state index is 13.6. The van der Waals surface area contributed by atoms with Crippen LogP contribution in [0, 0.1) is 5.92 Å². The summed E-state index contributed by atoms with van der Waals surface area (Å²) in [7, 11) is 0. The second kappa shape index (κ2) is 8.11. The van der Waals surface area contributed by atoms with E-state index in [-0.39, 0.29) is 22.8 Å². The van der Waals surface area contributed by atoms with E-state index >= 15 is 0 Å². The largest absolute Gasteiger partial charge is 0.287 e. The number of nitrogens with zero attached hydrogens (tertiary/aromatic N) is 3. The Kier molecular flexibility index (Phi) is 5.52. The minimum absolute atomic E-state index is 0.0163. The van der Waals surface area contributed by atoms with Crippen LogP contribution in [0.3, 0.4) is 0 Å². The van der Waals surface area contributed by atoms with Crippen molar-refractivity contribution in [1.82, 2.24) is 9.55 Å². The van der Waals surface area contributed by atoms with Gasteiger partial charge in [-0.1, -0.05) is 68.9 Å². The van der Waals surface area contributed by atoms with Gasteiger partial charge in [-0.05, 0) is 24.3 Å². The molecule has 0 spiro atoms. The van der Waals surface area contributed by atoms with Crippen LogP contribution >= 0.6 is 11.8 Å². The lowest BCUT2D eigenvalue weighted by Gasteiger charge is -2.31. The van der Waals surface area contributed by atoms with Gasteiger partial charge in [0.15, 0.2) is 5.16 Å². The van der Waals surface area contributed by atoms with Gasteiger partial charge in [0.1, 0.15) is 0 Å². The van der Waals surface area contributed by atoms with Gasteiger partial charge in [-0.15, -0.1) is 0 Å². The van der Waals surface area contributed by atoms with E-state index in [2.05, 4.69) is 0 Å². The number of amides is 1. The molecule has 0 saturated carbocycles. The third-order valence-electron chi connectivity index (χ3n) is 5.16. The number of hydrogen-bond donors (Lipinski definition) is 0. The number of benzene rings is 2. The van der Waals surface area contributed by atoms with E-state index in [1.54, 1.807) is 15.5 Å². The molecule has 1 amide bonds. The summed E-state index contributed by atoms with van der Waals surface area (Å²) in [5.74, 6) is 0.259. The van der Waals surface area contributed by atoms with E-state index < -0.39 is 0 Å². The molecule has 6 heteroatoms. The third-order valence-corrected chi connectivity index (χ3v) is 6.30. The Morgan fingerprint density at radius 1 is 1.03 bits per heavy atom. The zero-order chi connectivity index (χ0) is 21.3. The smallest absolute Gasteiger partial charge is 0.254 e. The average Bonchev–Trinajstić information content (AvgIpc) is 2.74. The van der Waals surface area contributed by atoms with E-state index in [0.29, 0.717) is 17.5 Å². The molecule has 1 unspecified atom stereocenters. The summed E-state index contributed by atoms with van der Waals surface area (Å²) in [6.07, 6.45) is 0. The zero-order valence-electron chi connectivity index (χ0n) is 17.4. The number of carbonyl (C=O) groups is 1. The summed E-state index contributed by atoms with van der Waals surface area (Å²) in [4.78, 5) is 32.9. The Morgan fingerprint density at radius 3 is 2.13 bits per heavy atom. The third kappa shape index (κ3) is 4.05. The number of carbonyl (C=O) groups excluding carboxylic acids is 1. The molecule has 0 bridgehead atoms. The maximum Gasteiger partial charge on any atom is 0.254 e. The van der Waals surface area contributed by atoms with Crippen molar-refractivity contribution in [3.8, 4) is 0 Å². The highest BCUT2D eigenvalue weighted by atomic mass is 32.2. The molecule has 2 aromatic carbocycles. The van der Waals surface area contributed by atoms with Gasteiger partial charge in [-0.2, -0.15) is 0 Å². The van der Waals surface area contributed by atoms with Crippen molar-refractivity contribution in [1.29, 1.82) is 0 Å². The van der Waals surface area contributed by atoms with E-state index in [4.69, 9.17) is 4.98 Å². The Labute approximate surface area is 180 Å².